The fraction of sp³-hybridized carbons (Fsp3) is 0.556. The van der Waals surface area contributed by atoms with Crippen LogP contribution >= 0.6 is 0 Å². The number of hydrogen-bond donors (Lipinski definition) is 2. The molecule has 4 heteroatoms. The number of carbonyl (C=O) groups excluding carboxylic acids is 1. The Balaban J connectivity index is 3.99. The van der Waals surface area contributed by atoms with Gasteiger partial charge in [-0.05, 0) is 6.92 Å². The molecule has 0 aromatic heterocycles. The van der Waals surface area contributed by atoms with Crippen LogP contribution in [0.1, 0.15) is 6.92 Å². The average Bonchev–Trinajstić information content (AvgIpc) is 2.15. The minimum atomic E-state index is -0.731. The van der Waals surface area contributed by atoms with E-state index in [1.807, 2.05) is 0 Å². The van der Waals surface area contributed by atoms with Crippen molar-refractivity contribution in [3.05, 3.63) is 18.4 Å². The lowest BCUT2D eigenvalue weighted by Gasteiger charge is -2.25. The van der Waals surface area contributed by atoms with E-state index in [0.717, 1.165) is 0 Å². The first kappa shape index (κ1) is 11.9. The van der Waals surface area contributed by atoms with Gasteiger partial charge in [-0.3, -0.25) is 4.79 Å². The van der Waals surface area contributed by atoms with E-state index >= 15 is 0 Å². The number of ether oxygens (including phenoxy) is 1. The first-order valence-corrected chi connectivity index (χ1v) is 3.87. The molecule has 0 radical (unpaired) electrons. The Morgan fingerprint density at radius 1 is 1.85 bits per heavy atom. The second-order valence-corrected chi connectivity index (χ2v) is 2.88. The van der Waals surface area contributed by atoms with E-state index in [0.29, 0.717) is 0 Å². The maximum absolute atomic E-state index is 10.9. The molecular formula is C9H15NO3. The molecule has 0 aliphatic heterocycles. The number of carbonyl (C=O) groups is 1. The van der Waals surface area contributed by atoms with Crippen molar-refractivity contribution < 1.29 is 14.6 Å². The molecule has 0 spiro atoms. The number of nitrogens with one attached hydrogen (secondary N) is 1. The molecule has 0 aromatic rings. The van der Waals surface area contributed by atoms with Crippen molar-refractivity contribution in [3.63, 3.8) is 0 Å². The normalized spacial score (nSPS) is 14.1. The lowest BCUT2D eigenvalue weighted by molar-refractivity contribution is -0.118. The molecule has 0 saturated heterocycles. The molecule has 0 aromatic carbocycles. The van der Waals surface area contributed by atoms with Crippen LogP contribution in [0.3, 0.4) is 0 Å². The summed E-state index contributed by atoms with van der Waals surface area (Å²) in [7, 11) is 1.48. The highest BCUT2D eigenvalue weighted by Gasteiger charge is 2.22. The van der Waals surface area contributed by atoms with Gasteiger partial charge in [-0.25, -0.2) is 0 Å². The molecule has 4 nitrogen and oxygen atoms in total. The minimum absolute atomic E-state index is 0.151. The second kappa shape index (κ2) is 5.54. The number of rotatable bonds is 5. The summed E-state index contributed by atoms with van der Waals surface area (Å²) in [6.07, 6.45) is 1.19. The highest BCUT2D eigenvalue weighted by molar-refractivity contribution is 5.87. The number of aliphatic hydroxyl groups is 1. The molecule has 0 aliphatic rings. The zero-order valence-electron chi connectivity index (χ0n) is 7.96. The number of amides is 1. The van der Waals surface area contributed by atoms with Crippen molar-refractivity contribution in [2.24, 2.45) is 0 Å². The standard InChI is InChI=1S/C9H15NO3/c1-4-5-8(12)10-6-9(2,7-11)13-3/h5,11H,1,6-7H2,2-3H3,(H,10,12). The number of hydrogen-bond acceptors (Lipinski definition) is 3. The predicted octanol–water partition coefficient (Wildman–Crippen LogP) is -0.159. The van der Waals surface area contributed by atoms with Gasteiger partial charge in [-0.2, -0.15) is 0 Å². The summed E-state index contributed by atoms with van der Waals surface area (Å²) in [5, 5.41) is 11.5. The van der Waals surface area contributed by atoms with E-state index in [1.54, 1.807) is 6.92 Å². The third-order valence-electron chi connectivity index (χ3n) is 1.70. The van der Waals surface area contributed by atoms with Crippen LogP contribution in [-0.4, -0.2) is 36.9 Å². The molecule has 0 bridgehead atoms. The molecule has 1 atom stereocenters. The van der Waals surface area contributed by atoms with Crippen LogP contribution in [0.25, 0.3) is 0 Å². The van der Waals surface area contributed by atoms with Crippen molar-refractivity contribution >= 4 is 5.91 Å². The highest BCUT2D eigenvalue weighted by atomic mass is 16.5. The molecular weight excluding hydrogens is 170 g/mol. The molecule has 0 saturated carbocycles. The summed E-state index contributed by atoms with van der Waals surface area (Å²) in [6, 6.07) is 0. The summed E-state index contributed by atoms with van der Waals surface area (Å²) >= 11 is 0. The fourth-order valence-electron chi connectivity index (χ4n) is 0.610. The molecule has 0 rings (SSSR count). The van der Waals surface area contributed by atoms with Crippen LogP contribution in [0, 0.1) is 0 Å². The molecule has 2 N–H and O–H groups in total. The predicted molar refractivity (Wildman–Crippen MR) is 49.2 cm³/mol. The molecule has 74 valence electrons. The van der Waals surface area contributed by atoms with Crippen molar-refractivity contribution in [1.82, 2.24) is 5.32 Å². The van der Waals surface area contributed by atoms with Gasteiger partial charge in [0.25, 0.3) is 5.91 Å². The van der Waals surface area contributed by atoms with Crippen molar-refractivity contribution in [3.8, 4) is 0 Å². The summed E-state index contributed by atoms with van der Waals surface area (Å²) in [5.41, 5.74) is 1.62. The minimum Gasteiger partial charge on any atom is -0.393 e. The quantitative estimate of drug-likeness (QED) is 0.462. The summed E-state index contributed by atoms with van der Waals surface area (Å²) < 4.78 is 5.00. The van der Waals surface area contributed by atoms with Gasteiger partial charge in [0, 0.05) is 19.7 Å². The van der Waals surface area contributed by atoms with E-state index in [1.165, 1.54) is 13.2 Å². The molecule has 1 amide bonds. The molecule has 0 heterocycles. The Morgan fingerprint density at radius 3 is 2.85 bits per heavy atom. The van der Waals surface area contributed by atoms with Crippen LogP contribution in [0.2, 0.25) is 0 Å². The van der Waals surface area contributed by atoms with Crippen LogP contribution in [0.5, 0.6) is 0 Å². The highest BCUT2D eigenvalue weighted by Crippen LogP contribution is 2.05. The number of methoxy groups -OCH3 is 1. The van der Waals surface area contributed by atoms with Gasteiger partial charge in [-0.15, -0.1) is 5.73 Å². The van der Waals surface area contributed by atoms with Gasteiger partial charge in [0.05, 0.1) is 6.61 Å². The Labute approximate surface area is 77.9 Å². The largest absolute Gasteiger partial charge is 0.393 e. The summed E-state index contributed by atoms with van der Waals surface area (Å²) in [5.74, 6) is -0.299. The van der Waals surface area contributed by atoms with Crippen molar-refractivity contribution in [2.75, 3.05) is 20.3 Å². The van der Waals surface area contributed by atoms with Gasteiger partial charge in [0.15, 0.2) is 0 Å². The van der Waals surface area contributed by atoms with Gasteiger partial charge in [0.2, 0.25) is 0 Å². The molecule has 1 unspecified atom stereocenters. The maximum atomic E-state index is 10.9. The summed E-state index contributed by atoms with van der Waals surface area (Å²) in [4.78, 5) is 10.9. The fourth-order valence-corrected chi connectivity index (χ4v) is 0.610. The average molecular weight is 185 g/mol. The van der Waals surface area contributed by atoms with Crippen LogP contribution in [-0.2, 0) is 9.53 Å². The van der Waals surface area contributed by atoms with E-state index in [2.05, 4.69) is 17.6 Å². The SMILES string of the molecule is C=C=CC(=O)NCC(C)(CO)OC. The zero-order chi connectivity index (χ0) is 10.3. The van der Waals surface area contributed by atoms with Crippen LogP contribution in [0.4, 0.5) is 0 Å². The van der Waals surface area contributed by atoms with Crippen molar-refractivity contribution in [1.29, 1.82) is 0 Å². The second-order valence-electron chi connectivity index (χ2n) is 2.88. The van der Waals surface area contributed by atoms with Crippen LogP contribution < -0.4 is 5.32 Å². The molecule has 0 fully saturated rings. The molecule has 0 aliphatic carbocycles. The maximum Gasteiger partial charge on any atom is 0.251 e. The lowest BCUT2D eigenvalue weighted by atomic mass is 10.1. The first-order valence-electron chi connectivity index (χ1n) is 3.87. The van der Waals surface area contributed by atoms with E-state index in [4.69, 9.17) is 9.84 Å². The Hall–Kier alpha value is -1.09. The van der Waals surface area contributed by atoms with Gasteiger partial charge >= 0.3 is 0 Å². The van der Waals surface area contributed by atoms with Crippen molar-refractivity contribution in [2.45, 2.75) is 12.5 Å². The lowest BCUT2D eigenvalue weighted by Crippen LogP contribution is -2.44. The smallest absolute Gasteiger partial charge is 0.251 e. The molecule has 13 heavy (non-hydrogen) atoms. The Bertz CT molecular complexity index is 215. The third kappa shape index (κ3) is 4.48. The monoisotopic (exact) mass is 185 g/mol. The topological polar surface area (TPSA) is 58.6 Å². The van der Waals surface area contributed by atoms with E-state index < -0.39 is 5.60 Å². The van der Waals surface area contributed by atoms with Gasteiger partial charge in [-0.1, -0.05) is 6.58 Å². The third-order valence-corrected chi connectivity index (χ3v) is 1.70. The Morgan fingerprint density at radius 2 is 2.46 bits per heavy atom. The van der Waals surface area contributed by atoms with Gasteiger partial charge < -0.3 is 15.2 Å². The number of aliphatic hydroxyl groups excluding tert-OH is 1. The summed E-state index contributed by atoms with van der Waals surface area (Å²) in [6.45, 7) is 5.06. The zero-order valence-corrected chi connectivity index (χ0v) is 7.96. The van der Waals surface area contributed by atoms with E-state index in [-0.39, 0.29) is 19.1 Å². The van der Waals surface area contributed by atoms with Gasteiger partial charge in [0.1, 0.15) is 5.60 Å². The Kier molecular flexibility index (Phi) is 5.07. The van der Waals surface area contributed by atoms with E-state index in [9.17, 15) is 4.79 Å². The first-order chi connectivity index (χ1) is 6.08. The van der Waals surface area contributed by atoms with Crippen LogP contribution in [0.15, 0.2) is 18.4 Å².